The van der Waals surface area contributed by atoms with Crippen LogP contribution < -0.4 is 5.48 Å². The lowest BCUT2D eigenvalue weighted by Crippen LogP contribution is -2.19. The highest BCUT2D eigenvalue weighted by Gasteiger charge is 2.33. The first-order valence-electron chi connectivity index (χ1n) is 13.6. The van der Waals surface area contributed by atoms with Gasteiger partial charge in [0.25, 0.3) is 0 Å². The topological polar surface area (TPSA) is 64.6 Å². The van der Waals surface area contributed by atoms with Gasteiger partial charge < -0.3 is 9.57 Å². The highest BCUT2D eigenvalue weighted by atomic mass is 16.6. The summed E-state index contributed by atoms with van der Waals surface area (Å²) in [6.07, 6.45) is 14.4. The fourth-order valence-corrected chi connectivity index (χ4v) is 5.32. The lowest BCUT2D eigenvalue weighted by atomic mass is 9.73. The molecule has 0 bridgehead atoms. The molecule has 4 aromatic rings. The number of hydroxylamine groups is 1. The number of benzene rings is 4. The van der Waals surface area contributed by atoms with Crippen molar-refractivity contribution in [2.24, 2.45) is 0 Å². The van der Waals surface area contributed by atoms with Crippen molar-refractivity contribution in [3.05, 3.63) is 191 Å². The van der Waals surface area contributed by atoms with Crippen LogP contribution in [-0.2, 0) is 9.57 Å². The van der Waals surface area contributed by atoms with Crippen molar-refractivity contribution in [1.82, 2.24) is 5.48 Å². The summed E-state index contributed by atoms with van der Waals surface area (Å²) in [7, 11) is 0. The van der Waals surface area contributed by atoms with Crippen LogP contribution in [0.25, 0.3) is 11.1 Å². The van der Waals surface area contributed by atoms with Gasteiger partial charge in [-0.15, -0.1) is 0 Å². The van der Waals surface area contributed by atoms with Gasteiger partial charge >= 0.3 is 0 Å². The number of rotatable bonds is 0. The van der Waals surface area contributed by atoms with Gasteiger partial charge in [0.1, 0.15) is 12.9 Å². The van der Waals surface area contributed by atoms with E-state index in [-0.39, 0.29) is 11.6 Å². The van der Waals surface area contributed by atoms with Crippen molar-refractivity contribution in [2.45, 2.75) is 0 Å². The lowest BCUT2D eigenvalue weighted by Gasteiger charge is -2.29. The molecule has 0 radical (unpaired) electrons. The van der Waals surface area contributed by atoms with Crippen molar-refractivity contribution < 1.29 is 19.2 Å². The van der Waals surface area contributed by atoms with Crippen molar-refractivity contribution in [3.8, 4) is 0 Å². The van der Waals surface area contributed by atoms with Gasteiger partial charge in [-0.1, -0.05) is 103 Å². The first-order chi connectivity index (χ1) is 20.8. The summed E-state index contributed by atoms with van der Waals surface area (Å²) in [5.74, 6) is 0.0815. The fourth-order valence-electron chi connectivity index (χ4n) is 5.32. The Balaban J connectivity index is 0.000000218. The van der Waals surface area contributed by atoms with E-state index < -0.39 is 0 Å². The third-order valence-corrected chi connectivity index (χ3v) is 7.12. The van der Waals surface area contributed by atoms with Crippen molar-refractivity contribution >= 4 is 22.7 Å². The van der Waals surface area contributed by atoms with Gasteiger partial charge in [-0.25, -0.2) is 5.48 Å². The number of allylic oxidation sites excluding steroid dienone is 4. The summed E-state index contributed by atoms with van der Waals surface area (Å²) in [6.45, 7) is 0.733. The quantitative estimate of drug-likeness (QED) is 0.214. The van der Waals surface area contributed by atoms with E-state index in [0.717, 1.165) is 40.0 Å². The van der Waals surface area contributed by atoms with Crippen molar-refractivity contribution in [2.75, 3.05) is 6.61 Å². The molecule has 0 spiro atoms. The van der Waals surface area contributed by atoms with Crippen LogP contribution in [0.4, 0.5) is 0 Å². The zero-order chi connectivity index (χ0) is 28.7. The summed E-state index contributed by atoms with van der Waals surface area (Å²) >= 11 is 0. The molecule has 4 aromatic carbocycles. The largest absolute Gasteiger partial charge is 0.497 e. The van der Waals surface area contributed by atoms with Gasteiger partial charge in [0, 0.05) is 28.5 Å². The predicted molar refractivity (Wildman–Crippen MR) is 164 cm³/mol. The molecule has 0 amide bonds. The molecular formula is C37H27NO4. The summed E-state index contributed by atoms with van der Waals surface area (Å²) in [4.78, 5) is 31.0. The Hall–Kier alpha value is -5.68. The molecule has 0 unspecified atom stereocenters. The molecule has 0 aromatic heterocycles. The van der Waals surface area contributed by atoms with E-state index in [4.69, 9.17) is 4.74 Å². The van der Waals surface area contributed by atoms with Crippen LogP contribution in [0.3, 0.4) is 0 Å². The zero-order valence-electron chi connectivity index (χ0n) is 22.7. The third-order valence-electron chi connectivity index (χ3n) is 7.12. The lowest BCUT2D eigenvalue weighted by molar-refractivity contribution is 0.102. The Morgan fingerprint density at radius 1 is 0.476 bits per heavy atom. The SMILES string of the molecule is C1=CCOC=C1.C1=CNOC=C1.O=C1c2ccccc2C(=C2c3ccccc3C(=O)c3ccccc32)c2ccccc21. The van der Waals surface area contributed by atoms with Crippen LogP contribution in [0.1, 0.15) is 54.1 Å². The first-order valence-corrected chi connectivity index (χ1v) is 13.6. The maximum Gasteiger partial charge on any atom is 0.194 e. The van der Waals surface area contributed by atoms with Crippen molar-refractivity contribution in [1.29, 1.82) is 0 Å². The second-order valence-electron chi connectivity index (χ2n) is 9.60. The Kier molecular flexibility index (Phi) is 7.73. The first kappa shape index (κ1) is 26.5. The summed E-state index contributed by atoms with van der Waals surface area (Å²) in [6, 6.07) is 31.1. The molecule has 1 N–H and O–H groups in total. The van der Waals surface area contributed by atoms with E-state index >= 15 is 0 Å². The van der Waals surface area contributed by atoms with Gasteiger partial charge in [0.05, 0.1) is 6.26 Å². The fraction of sp³-hybridized carbons (Fsp3) is 0.0270. The van der Waals surface area contributed by atoms with E-state index in [9.17, 15) is 9.59 Å². The standard InChI is InChI=1S/C28H16O2.C5H6O.C4H5NO/c29-27-21-13-5-1-9-17(21)25(18-10-2-6-14-22(18)27)26-19-11-3-7-15-23(19)28(30)24-16-8-4-12-20(24)26;2*1-2-4-6-5-3-1/h1-16H;1-4H,5H2;1-5H. The average Bonchev–Trinajstić information content (AvgIpc) is 3.08. The number of hydrogen-bond acceptors (Lipinski definition) is 5. The molecule has 2 heterocycles. The summed E-state index contributed by atoms with van der Waals surface area (Å²) in [5.41, 5.74) is 11.0. The van der Waals surface area contributed by atoms with Crippen LogP contribution >= 0.6 is 0 Å². The number of carbonyl (C=O) groups is 2. The smallest absolute Gasteiger partial charge is 0.194 e. The number of ketones is 2. The molecule has 5 nitrogen and oxygen atoms in total. The number of carbonyl (C=O) groups excluding carboxylic acids is 2. The Bertz CT molecular complexity index is 1560. The van der Waals surface area contributed by atoms with E-state index in [1.807, 2.05) is 121 Å². The molecule has 0 saturated heterocycles. The molecule has 204 valence electrons. The van der Waals surface area contributed by atoms with Gasteiger partial charge in [-0.3, -0.25) is 9.59 Å². The molecule has 0 fully saturated rings. The second kappa shape index (κ2) is 12.2. The Labute approximate surface area is 244 Å². The van der Waals surface area contributed by atoms with Crippen LogP contribution in [0.5, 0.6) is 0 Å². The van der Waals surface area contributed by atoms with Crippen LogP contribution in [0.2, 0.25) is 0 Å². The van der Waals surface area contributed by atoms with Crippen molar-refractivity contribution in [3.63, 3.8) is 0 Å². The minimum absolute atomic E-state index is 0.0407. The minimum atomic E-state index is 0.0407. The number of ether oxygens (including phenoxy) is 1. The molecule has 8 rings (SSSR count). The maximum atomic E-state index is 13.2. The Morgan fingerprint density at radius 3 is 1.10 bits per heavy atom. The van der Waals surface area contributed by atoms with Gasteiger partial charge in [-0.2, -0.15) is 0 Å². The van der Waals surface area contributed by atoms with Crippen LogP contribution in [0.15, 0.2) is 146 Å². The molecule has 2 aliphatic carbocycles. The molecule has 2 aliphatic heterocycles. The monoisotopic (exact) mass is 549 g/mol. The van der Waals surface area contributed by atoms with Gasteiger partial charge in [-0.05, 0) is 57.7 Å². The van der Waals surface area contributed by atoms with Crippen LogP contribution in [-0.4, -0.2) is 18.2 Å². The highest BCUT2D eigenvalue weighted by molar-refractivity contribution is 6.27. The Morgan fingerprint density at radius 2 is 0.881 bits per heavy atom. The van der Waals surface area contributed by atoms with E-state index in [2.05, 4.69) is 10.3 Å². The predicted octanol–water partition coefficient (Wildman–Crippen LogP) is 7.42. The molecule has 42 heavy (non-hydrogen) atoms. The molecule has 5 heteroatoms. The maximum absolute atomic E-state index is 13.2. The molecule has 0 saturated carbocycles. The van der Waals surface area contributed by atoms with E-state index in [1.165, 1.54) is 0 Å². The van der Waals surface area contributed by atoms with Gasteiger partial charge in [0.15, 0.2) is 11.6 Å². The minimum Gasteiger partial charge on any atom is -0.497 e. The normalized spacial score (nSPS) is 14.8. The summed E-state index contributed by atoms with van der Waals surface area (Å²) in [5, 5.41) is 0. The van der Waals surface area contributed by atoms with Gasteiger partial charge in [0.2, 0.25) is 0 Å². The van der Waals surface area contributed by atoms with E-state index in [1.54, 1.807) is 24.8 Å². The molecular weight excluding hydrogens is 522 g/mol. The number of fused-ring (bicyclic) bond motifs is 4. The number of nitrogens with one attached hydrogen (secondary N) is 1. The molecule has 0 atom stereocenters. The highest BCUT2D eigenvalue weighted by Crippen LogP contribution is 2.46. The average molecular weight is 550 g/mol. The zero-order valence-corrected chi connectivity index (χ0v) is 22.7. The second-order valence-corrected chi connectivity index (χ2v) is 9.60. The molecule has 4 aliphatic rings. The number of hydrogen-bond donors (Lipinski definition) is 1. The van der Waals surface area contributed by atoms with E-state index in [0.29, 0.717) is 22.3 Å². The third kappa shape index (κ3) is 5.11. The summed E-state index contributed by atoms with van der Waals surface area (Å²) < 4.78 is 4.80. The van der Waals surface area contributed by atoms with Crippen LogP contribution in [0, 0.1) is 0 Å².